The van der Waals surface area contributed by atoms with Crippen LogP contribution in [0, 0.1) is 6.92 Å². The fourth-order valence-electron chi connectivity index (χ4n) is 1.66. The Hall–Kier alpha value is -1.56. The van der Waals surface area contributed by atoms with Crippen molar-refractivity contribution in [3.8, 4) is 5.69 Å². The molecule has 2 rings (SSSR count). The second kappa shape index (κ2) is 5.21. The van der Waals surface area contributed by atoms with Crippen LogP contribution in [0.1, 0.15) is 16.8 Å². The molecule has 0 aliphatic carbocycles. The van der Waals surface area contributed by atoms with Gasteiger partial charge in [0.25, 0.3) is 0 Å². The second-order valence-corrected chi connectivity index (χ2v) is 4.47. The predicted molar refractivity (Wildman–Crippen MR) is 65.5 cm³/mol. The highest BCUT2D eigenvalue weighted by Gasteiger charge is 2.31. The lowest BCUT2D eigenvalue weighted by Crippen LogP contribution is -2.07. The van der Waals surface area contributed by atoms with E-state index in [1.54, 1.807) is 13.1 Å². The number of benzene rings is 1. The lowest BCUT2D eigenvalue weighted by molar-refractivity contribution is -0.137. The number of hydrogen-bond donors (Lipinski definition) is 0. The van der Waals surface area contributed by atoms with Gasteiger partial charge >= 0.3 is 6.18 Å². The summed E-state index contributed by atoms with van der Waals surface area (Å²) in [5.41, 5.74) is 0.993. The Morgan fingerprint density at radius 2 is 2.05 bits per heavy atom. The Morgan fingerprint density at radius 1 is 1.32 bits per heavy atom. The second-order valence-electron chi connectivity index (χ2n) is 4.09. The van der Waals surface area contributed by atoms with E-state index in [0.717, 1.165) is 12.1 Å². The van der Waals surface area contributed by atoms with E-state index in [9.17, 15) is 13.2 Å². The van der Waals surface area contributed by atoms with Crippen LogP contribution in [-0.4, -0.2) is 20.9 Å². The summed E-state index contributed by atoms with van der Waals surface area (Å²) in [4.78, 5) is 0. The average molecular weight is 290 g/mol. The minimum absolute atomic E-state index is 0.364. The third kappa shape index (κ3) is 3.07. The van der Waals surface area contributed by atoms with Crippen molar-refractivity contribution in [3.63, 3.8) is 0 Å². The van der Waals surface area contributed by atoms with Crippen molar-refractivity contribution < 1.29 is 13.2 Å². The molecule has 1 heterocycles. The highest BCUT2D eigenvalue weighted by atomic mass is 35.5. The van der Waals surface area contributed by atoms with E-state index in [4.69, 9.17) is 11.6 Å². The van der Waals surface area contributed by atoms with Crippen molar-refractivity contribution in [1.29, 1.82) is 0 Å². The Morgan fingerprint density at radius 3 is 2.68 bits per heavy atom. The summed E-state index contributed by atoms with van der Waals surface area (Å²) in [6.07, 6.45) is -2.26. The zero-order valence-electron chi connectivity index (χ0n) is 10.1. The van der Waals surface area contributed by atoms with Gasteiger partial charge in [0.15, 0.2) is 0 Å². The van der Waals surface area contributed by atoms with E-state index >= 15 is 0 Å². The molecule has 1 aromatic carbocycles. The Labute approximate surface area is 113 Å². The minimum atomic E-state index is -4.37. The van der Waals surface area contributed by atoms with Crippen LogP contribution in [0.5, 0.6) is 0 Å². The summed E-state index contributed by atoms with van der Waals surface area (Å²) < 4.78 is 39.4. The molecule has 0 bridgehead atoms. The largest absolute Gasteiger partial charge is 0.416 e. The summed E-state index contributed by atoms with van der Waals surface area (Å²) in [7, 11) is 0. The molecule has 1 aromatic heterocycles. The maximum absolute atomic E-state index is 12.7. The van der Waals surface area contributed by atoms with Gasteiger partial charge in [-0.1, -0.05) is 11.3 Å². The zero-order chi connectivity index (χ0) is 14.0. The van der Waals surface area contributed by atoms with E-state index in [1.807, 2.05) is 0 Å². The molecule has 0 radical (unpaired) electrons. The first kappa shape index (κ1) is 13.9. The van der Waals surface area contributed by atoms with Crippen molar-refractivity contribution in [2.75, 3.05) is 5.88 Å². The number of hydrogen-bond acceptors (Lipinski definition) is 2. The molecule has 19 heavy (non-hydrogen) atoms. The van der Waals surface area contributed by atoms with Crippen LogP contribution in [0.3, 0.4) is 0 Å². The Balaban J connectivity index is 2.42. The highest BCUT2D eigenvalue weighted by molar-refractivity contribution is 6.17. The first-order chi connectivity index (χ1) is 8.91. The molecule has 0 amide bonds. The minimum Gasteiger partial charge on any atom is -0.220 e. The molecular formula is C12H11ClF3N3. The normalized spacial score (nSPS) is 11.8. The molecule has 0 saturated carbocycles. The maximum atomic E-state index is 12.7. The summed E-state index contributed by atoms with van der Waals surface area (Å²) in [6.45, 7) is 1.72. The number of halogens is 4. The summed E-state index contributed by atoms with van der Waals surface area (Å²) in [5, 5.41) is 7.69. The molecular weight excluding hydrogens is 279 g/mol. The molecule has 0 saturated heterocycles. The lowest BCUT2D eigenvalue weighted by atomic mass is 10.1. The molecule has 7 heteroatoms. The van der Waals surface area contributed by atoms with Crippen LogP contribution < -0.4 is 0 Å². The summed E-state index contributed by atoms with van der Waals surface area (Å²) >= 11 is 5.58. The van der Waals surface area contributed by atoms with Crippen LogP contribution in [0.4, 0.5) is 13.2 Å². The highest BCUT2D eigenvalue weighted by Crippen LogP contribution is 2.31. The summed E-state index contributed by atoms with van der Waals surface area (Å²) in [6, 6.07) is 3.53. The SMILES string of the molecule is Cc1ccc(C(F)(F)F)cc1-n1cc(CCCl)nn1. The lowest BCUT2D eigenvalue weighted by Gasteiger charge is -2.10. The smallest absolute Gasteiger partial charge is 0.220 e. The quantitative estimate of drug-likeness (QED) is 0.811. The zero-order valence-corrected chi connectivity index (χ0v) is 10.8. The third-order valence-corrected chi connectivity index (χ3v) is 2.86. The van der Waals surface area contributed by atoms with Gasteiger partial charge in [-0.05, 0) is 24.6 Å². The number of aromatic nitrogens is 3. The predicted octanol–water partition coefficient (Wildman–Crippen LogP) is 3.38. The molecule has 0 unspecified atom stereocenters. The standard InChI is InChI=1S/C12H11ClF3N3/c1-8-2-3-9(12(14,15)16)6-11(8)19-7-10(4-5-13)17-18-19/h2-3,6-7H,4-5H2,1H3. The van der Waals surface area contributed by atoms with E-state index in [0.29, 0.717) is 29.2 Å². The van der Waals surface area contributed by atoms with E-state index in [2.05, 4.69) is 10.3 Å². The van der Waals surface area contributed by atoms with E-state index in [1.165, 1.54) is 10.7 Å². The number of nitrogens with zero attached hydrogens (tertiary/aromatic N) is 3. The van der Waals surface area contributed by atoms with Crippen molar-refractivity contribution in [2.24, 2.45) is 0 Å². The van der Waals surface area contributed by atoms with Gasteiger partial charge in [0.2, 0.25) is 0 Å². The first-order valence-electron chi connectivity index (χ1n) is 5.57. The van der Waals surface area contributed by atoms with Crippen LogP contribution in [-0.2, 0) is 12.6 Å². The number of alkyl halides is 4. The van der Waals surface area contributed by atoms with Gasteiger partial charge in [0.05, 0.1) is 23.1 Å². The monoisotopic (exact) mass is 289 g/mol. The molecule has 3 nitrogen and oxygen atoms in total. The first-order valence-corrected chi connectivity index (χ1v) is 6.10. The van der Waals surface area contributed by atoms with Crippen molar-refractivity contribution in [2.45, 2.75) is 19.5 Å². The van der Waals surface area contributed by atoms with Gasteiger partial charge in [0.1, 0.15) is 0 Å². The van der Waals surface area contributed by atoms with Crippen molar-refractivity contribution in [1.82, 2.24) is 15.0 Å². The number of rotatable bonds is 3. The van der Waals surface area contributed by atoms with E-state index in [-0.39, 0.29) is 0 Å². The molecule has 0 N–H and O–H groups in total. The fourth-order valence-corrected chi connectivity index (χ4v) is 1.85. The third-order valence-electron chi connectivity index (χ3n) is 2.67. The van der Waals surface area contributed by atoms with Gasteiger partial charge in [-0.2, -0.15) is 13.2 Å². The summed E-state index contributed by atoms with van der Waals surface area (Å²) in [5.74, 6) is 0.389. The Bertz CT molecular complexity index is 578. The van der Waals surface area contributed by atoms with E-state index < -0.39 is 11.7 Å². The average Bonchev–Trinajstić information content (AvgIpc) is 2.77. The van der Waals surface area contributed by atoms with Gasteiger partial charge in [0, 0.05) is 12.3 Å². The van der Waals surface area contributed by atoms with Gasteiger partial charge in [-0.25, -0.2) is 4.68 Å². The van der Waals surface area contributed by atoms with Crippen LogP contribution >= 0.6 is 11.6 Å². The van der Waals surface area contributed by atoms with Crippen LogP contribution in [0.15, 0.2) is 24.4 Å². The molecule has 102 valence electrons. The molecule has 0 aliphatic heterocycles. The van der Waals surface area contributed by atoms with Gasteiger partial charge < -0.3 is 0 Å². The fraction of sp³-hybridized carbons (Fsp3) is 0.333. The Kier molecular flexibility index (Phi) is 3.80. The van der Waals surface area contributed by atoms with Crippen molar-refractivity contribution >= 4 is 11.6 Å². The topological polar surface area (TPSA) is 30.7 Å². The van der Waals surface area contributed by atoms with Crippen molar-refractivity contribution in [3.05, 3.63) is 41.2 Å². The molecule has 0 atom stereocenters. The molecule has 2 aromatic rings. The van der Waals surface area contributed by atoms with Crippen LogP contribution in [0.2, 0.25) is 0 Å². The van der Waals surface area contributed by atoms with Crippen LogP contribution in [0.25, 0.3) is 5.69 Å². The number of aryl methyl sites for hydroxylation is 2. The van der Waals surface area contributed by atoms with Gasteiger partial charge in [-0.3, -0.25) is 0 Å². The maximum Gasteiger partial charge on any atom is 0.416 e. The molecule has 0 spiro atoms. The van der Waals surface area contributed by atoms with Gasteiger partial charge in [-0.15, -0.1) is 16.7 Å². The molecule has 0 fully saturated rings. The molecule has 0 aliphatic rings.